The van der Waals surface area contributed by atoms with Crippen LogP contribution in [0.25, 0.3) is 0 Å². The van der Waals surface area contributed by atoms with Gasteiger partial charge in [0, 0.05) is 22.8 Å². The molecule has 20 heavy (non-hydrogen) atoms. The largest absolute Gasteiger partial charge is 0.478 e. The first-order valence-corrected chi connectivity index (χ1v) is 7.58. The van der Waals surface area contributed by atoms with Gasteiger partial charge in [-0.15, -0.1) is 11.3 Å². The van der Waals surface area contributed by atoms with E-state index >= 15 is 0 Å². The maximum absolute atomic E-state index is 10.8. The Kier molecular flexibility index (Phi) is 4.93. The first-order valence-electron chi connectivity index (χ1n) is 6.70. The van der Waals surface area contributed by atoms with Crippen LogP contribution in [0.15, 0.2) is 35.7 Å². The van der Waals surface area contributed by atoms with E-state index in [1.54, 1.807) is 11.4 Å². The molecule has 1 aromatic heterocycles. The zero-order valence-electron chi connectivity index (χ0n) is 11.7. The van der Waals surface area contributed by atoms with E-state index < -0.39 is 5.97 Å². The average Bonchev–Trinajstić information content (AvgIpc) is 2.90. The Morgan fingerprint density at radius 1 is 1.35 bits per heavy atom. The number of carboxylic acids is 1. The fraction of sp³-hybridized carbons (Fsp3) is 0.312. The minimum absolute atomic E-state index is 0.297. The third-order valence-corrected chi connectivity index (χ3v) is 4.25. The fourth-order valence-corrected chi connectivity index (χ4v) is 2.91. The number of aromatic carboxylic acids is 1. The molecule has 4 heteroatoms. The summed E-state index contributed by atoms with van der Waals surface area (Å²) >= 11 is 1.48. The number of thiophene rings is 1. The van der Waals surface area contributed by atoms with Gasteiger partial charge in [-0.25, -0.2) is 4.79 Å². The van der Waals surface area contributed by atoms with Crippen LogP contribution in [0.1, 0.15) is 45.7 Å². The van der Waals surface area contributed by atoms with Crippen molar-refractivity contribution in [1.29, 1.82) is 0 Å². The standard InChI is InChI=1S/C16H19NO2S/c1-3-15(12-6-4-11(2)5-7-12)17-9-14-8-13(10-20-14)16(18)19/h4-8,10,15,17H,3,9H2,1-2H3,(H,18,19). The third-order valence-electron chi connectivity index (χ3n) is 3.31. The zero-order valence-corrected chi connectivity index (χ0v) is 12.5. The Morgan fingerprint density at radius 3 is 2.60 bits per heavy atom. The van der Waals surface area contributed by atoms with E-state index in [2.05, 4.69) is 43.4 Å². The van der Waals surface area contributed by atoms with Crippen LogP contribution in [0.5, 0.6) is 0 Å². The molecule has 0 saturated heterocycles. The van der Waals surface area contributed by atoms with Crippen LogP contribution in [0.2, 0.25) is 0 Å². The second-order valence-corrected chi connectivity index (χ2v) is 5.86. The molecular formula is C16H19NO2S. The number of carboxylic acid groups (broad SMARTS) is 1. The lowest BCUT2D eigenvalue weighted by atomic mass is 10.0. The summed E-state index contributed by atoms with van der Waals surface area (Å²) in [6.45, 7) is 4.93. The van der Waals surface area contributed by atoms with Gasteiger partial charge in [0.05, 0.1) is 5.56 Å². The smallest absolute Gasteiger partial charge is 0.336 e. The van der Waals surface area contributed by atoms with Crippen molar-refractivity contribution in [3.05, 3.63) is 57.3 Å². The lowest BCUT2D eigenvalue weighted by molar-refractivity contribution is 0.0697. The Balaban J connectivity index is 1.99. The quantitative estimate of drug-likeness (QED) is 0.845. The number of carbonyl (C=O) groups is 1. The monoisotopic (exact) mass is 289 g/mol. The molecule has 1 aromatic carbocycles. The summed E-state index contributed by atoms with van der Waals surface area (Å²) < 4.78 is 0. The average molecular weight is 289 g/mol. The SMILES string of the molecule is CCC(NCc1cc(C(=O)O)cs1)c1ccc(C)cc1. The van der Waals surface area contributed by atoms with Crippen molar-refractivity contribution in [2.45, 2.75) is 32.9 Å². The Labute approximate surface area is 123 Å². The highest BCUT2D eigenvalue weighted by Crippen LogP contribution is 2.20. The van der Waals surface area contributed by atoms with Gasteiger partial charge in [-0.2, -0.15) is 0 Å². The summed E-state index contributed by atoms with van der Waals surface area (Å²) in [5.74, 6) is -0.863. The van der Waals surface area contributed by atoms with Crippen LogP contribution < -0.4 is 5.32 Å². The van der Waals surface area contributed by atoms with Crippen molar-refractivity contribution in [2.75, 3.05) is 0 Å². The molecule has 106 valence electrons. The lowest BCUT2D eigenvalue weighted by Crippen LogP contribution is -2.19. The van der Waals surface area contributed by atoms with Crippen molar-refractivity contribution in [2.24, 2.45) is 0 Å². The summed E-state index contributed by atoms with van der Waals surface area (Å²) in [6.07, 6.45) is 1.00. The van der Waals surface area contributed by atoms with Crippen LogP contribution in [-0.2, 0) is 6.54 Å². The van der Waals surface area contributed by atoms with E-state index in [-0.39, 0.29) is 0 Å². The minimum Gasteiger partial charge on any atom is -0.478 e. The lowest BCUT2D eigenvalue weighted by Gasteiger charge is -2.17. The Morgan fingerprint density at radius 2 is 2.05 bits per heavy atom. The number of hydrogen-bond donors (Lipinski definition) is 2. The molecule has 0 aliphatic heterocycles. The van der Waals surface area contributed by atoms with Gasteiger partial charge >= 0.3 is 5.97 Å². The van der Waals surface area contributed by atoms with Crippen LogP contribution >= 0.6 is 11.3 Å². The van der Waals surface area contributed by atoms with Gasteiger partial charge in [-0.3, -0.25) is 0 Å². The van der Waals surface area contributed by atoms with E-state index in [0.717, 1.165) is 11.3 Å². The highest BCUT2D eigenvalue weighted by atomic mass is 32.1. The van der Waals surface area contributed by atoms with Gasteiger partial charge < -0.3 is 10.4 Å². The van der Waals surface area contributed by atoms with Gasteiger partial charge in [0.25, 0.3) is 0 Å². The molecule has 0 aliphatic rings. The van der Waals surface area contributed by atoms with Crippen LogP contribution in [-0.4, -0.2) is 11.1 Å². The van der Waals surface area contributed by atoms with Crippen molar-refractivity contribution in [3.63, 3.8) is 0 Å². The second kappa shape index (κ2) is 6.68. The molecule has 0 saturated carbocycles. The normalized spacial score (nSPS) is 12.3. The molecule has 0 fully saturated rings. The van der Waals surface area contributed by atoms with E-state index in [0.29, 0.717) is 18.2 Å². The predicted molar refractivity (Wildman–Crippen MR) is 82.3 cm³/mol. The molecule has 2 aromatic rings. The fourth-order valence-electron chi connectivity index (χ4n) is 2.11. The van der Waals surface area contributed by atoms with Crippen LogP contribution in [0.4, 0.5) is 0 Å². The molecule has 1 atom stereocenters. The Hall–Kier alpha value is -1.65. The number of aryl methyl sites for hydroxylation is 1. The van der Waals surface area contributed by atoms with Crippen LogP contribution in [0.3, 0.4) is 0 Å². The minimum atomic E-state index is -0.863. The van der Waals surface area contributed by atoms with E-state index in [1.165, 1.54) is 22.5 Å². The first-order chi connectivity index (χ1) is 9.60. The van der Waals surface area contributed by atoms with Gasteiger partial charge in [0.1, 0.15) is 0 Å². The van der Waals surface area contributed by atoms with Gasteiger partial charge in [-0.1, -0.05) is 36.8 Å². The van der Waals surface area contributed by atoms with E-state index in [4.69, 9.17) is 5.11 Å². The summed E-state index contributed by atoms with van der Waals surface area (Å²) in [4.78, 5) is 11.9. The first kappa shape index (κ1) is 14.8. The van der Waals surface area contributed by atoms with Crippen molar-refractivity contribution >= 4 is 17.3 Å². The molecule has 0 amide bonds. The highest BCUT2D eigenvalue weighted by Gasteiger charge is 2.10. The van der Waals surface area contributed by atoms with E-state index in [9.17, 15) is 4.79 Å². The molecule has 1 unspecified atom stereocenters. The third kappa shape index (κ3) is 3.68. The van der Waals surface area contributed by atoms with Gasteiger partial charge in [0.2, 0.25) is 0 Å². The van der Waals surface area contributed by atoms with Crippen molar-refractivity contribution in [3.8, 4) is 0 Å². The maximum Gasteiger partial charge on any atom is 0.336 e. The molecule has 3 nitrogen and oxygen atoms in total. The molecule has 0 aliphatic carbocycles. The molecule has 0 spiro atoms. The second-order valence-electron chi connectivity index (χ2n) is 4.86. The molecule has 1 heterocycles. The number of hydrogen-bond acceptors (Lipinski definition) is 3. The predicted octanol–water partition coefficient (Wildman–Crippen LogP) is 4.00. The Bertz CT molecular complexity index is 574. The summed E-state index contributed by atoms with van der Waals surface area (Å²) in [7, 11) is 0. The molecule has 2 rings (SSSR count). The maximum atomic E-state index is 10.8. The molecule has 0 radical (unpaired) electrons. The number of nitrogens with one attached hydrogen (secondary N) is 1. The molecular weight excluding hydrogens is 270 g/mol. The summed E-state index contributed by atoms with van der Waals surface area (Å²) in [6, 6.07) is 10.6. The molecule has 2 N–H and O–H groups in total. The van der Waals surface area contributed by atoms with Crippen molar-refractivity contribution < 1.29 is 9.90 Å². The highest BCUT2D eigenvalue weighted by molar-refractivity contribution is 7.10. The van der Waals surface area contributed by atoms with E-state index in [1.807, 2.05) is 0 Å². The summed E-state index contributed by atoms with van der Waals surface area (Å²) in [5.41, 5.74) is 2.90. The van der Waals surface area contributed by atoms with Crippen LogP contribution in [0, 0.1) is 6.92 Å². The number of benzene rings is 1. The molecule has 0 bridgehead atoms. The zero-order chi connectivity index (χ0) is 14.5. The topological polar surface area (TPSA) is 49.3 Å². The number of rotatable bonds is 6. The van der Waals surface area contributed by atoms with Gasteiger partial charge in [0.15, 0.2) is 0 Å². The van der Waals surface area contributed by atoms with Crippen molar-refractivity contribution in [1.82, 2.24) is 5.32 Å². The van der Waals surface area contributed by atoms with Gasteiger partial charge in [-0.05, 0) is 25.0 Å². The summed E-state index contributed by atoms with van der Waals surface area (Å²) in [5, 5.41) is 14.1.